The van der Waals surface area contributed by atoms with Crippen molar-refractivity contribution in [3.63, 3.8) is 0 Å². The third-order valence-corrected chi connectivity index (χ3v) is 7.01. The number of fused-ring (bicyclic) bond motifs is 3. The lowest BCUT2D eigenvalue weighted by atomic mass is 10.1. The summed E-state index contributed by atoms with van der Waals surface area (Å²) in [6.45, 7) is 4.01. The maximum Gasteiger partial charge on any atom is 0.267 e. The summed E-state index contributed by atoms with van der Waals surface area (Å²) in [5, 5.41) is 10.0. The average Bonchev–Trinajstić information content (AvgIpc) is 3.31. The van der Waals surface area contributed by atoms with Gasteiger partial charge in [-0.2, -0.15) is 0 Å². The summed E-state index contributed by atoms with van der Waals surface area (Å²) in [7, 11) is 0. The van der Waals surface area contributed by atoms with E-state index in [9.17, 15) is 9.59 Å². The highest BCUT2D eigenvalue weighted by Gasteiger charge is 2.18. The van der Waals surface area contributed by atoms with Crippen molar-refractivity contribution in [1.82, 2.24) is 29.1 Å². The number of H-pyrrole nitrogens is 1. The molecule has 0 unspecified atom stereocenters. The molecule has 0 atom stereocenters. The van der Waals surface area contributed by atoms with Gasteiger partial charge in [0.2, 0.25) is 5.78 Å². The molecule has 0 saturated carbocycles. The number of aromatic amines is 1. The number of nitrogens with one attached hydrogen (secondary N) is 1. The zero-order valence-electron chi connectivity index (χ0n) is 20.2. The molecule has 3 aromatic heterocycles. The first-order valence-electron chi connectivity index (χ1n) is 11.7. The Morgan fingerprint density at radius 2 is 1.59 bits per heavy atom. The van der Waals surface area contributed by atoms with Gasteiger partial charge in [0.25, 0.3) is 11.1 Å². The fourth-order valence-corrected chi connectivity index (χ4v) is 5.37. The first-order chi connectivity index (χ1) is 18.0. The van der Waals surface area contributed by atoms with Crippen molar-refractivity contribution >= 4 is 28.4 Å². The highest BCUT2D eigenvalue weighted by atomic mass is 32.2. The van der Waals surface area contributed by atoms with E-state index in [0.717, 1.165) is 27.9 Å². The molecular formula is C28H22N6O2S. The van der Waals surface area contributed by atoms with Crippen molar-refractivity contribution in [2.75, 3.05) is 0 Å². The van der Waals surface area contributed by atoms with E-state index in [1.54, 1.807) is 4.57 Å². The number of para-hydroxylation sites is 1. The number of aromatic nitrogens is 6. The van der Waals surface area contributed by atoms with Crippen LogP contribution < -0.4 is 11.1 Å². The molecule has 1 N–H and O–H groups in total. The molecule has 3 aromatic carbocycles. The Kier molecular flexibility index (Phi) is 5.69. The Morgan fingerprint density at radius 3 is 2.38 bits per heavy atom. The van der Waals surface area contributed by atoms with E-state index in [-0.39, 0.29) is 11.1 Å². The van der Waals surface area contributed by atoms with E-state index in [4.69, 9.17) is 0 Å². The highest BCUT2D eigenvalue weighted by Crippen LogP contribution is 2.26. The Balaban J connectivity index is 1.47. The van der Waals surface area contributed by atoms with Crippen molar-refractivity contribution in [2.45, 2.75) is 24.8 Å². The SMILES string of the molecule is Cc1cc(C)cc(-n2c(=O)c3ccccc3n3c(SCc4cc(=O)[nH]c(-c5ccccc5)n4)nnc23)c1. The minimum absolute atomic E-state index is 0.152. The van der Waals surface area contributed by atoms with Crippen LogP contribution in [0.2, 0.25) is 0 Å². The van der Waals surface area contributed by atoms with Crippen molar-refractivity contribution in [2.24, 2.45) is 0 Å². The molecule has 37 heavy (non-hydrogen) atoms. The maximum atomic E-state index is 13.6. The Morgan fingerprint density at radius 1 is 0.865 bits per heavy atom. The monoisotopic (exact) mass is 506 g/mol. The molecule has 8 nitrogen and oxygen atoms in total. The molecule has 0 amide bonds. The summed E-state index contributed by atoms with van der Waals surface area (Å²) in [6.07, 6.45) is 0. The predicted octanol–water partition coefficient (Wildman–Crippen LogP) is 4.69. The summed E-state index contributed by atoms with van der Waals surface area (Å²) in [4.78, 5) is 33.4. The molecule has 0 fully saturated rings. The number of rotatable bonds is 5. The fourth-order valence-electron chi connectivity index (χ4n) is 4.54. The van der Waals surface area contributed by atoms with Crippen molar-refractivity contribution in [3.8, 4) is 17.1 Å². The van der Waals surface area contributed by atoms with Gasteiger partial charge in [0.05, 0.1) is 22.3 Å². The predicted molar refractivity (Wildman–Crippen MR) is 145 cm³/mol. The third-order valence-electron chi connectivity index (χ3n) is 6.05. The lowest BCUT2D eigenvalue weighted by Crippen LogP contribution is -2.22. The Bertz CT molecular complexity index is 1890. The van der Waals surface area contributed by atoms with E-state index >= 15 is 0 Å². The van der Waals surface area contributed by atoms with Crippen LogP contribution in [0.5, 0.6) is 0 Å². The van der Waals surface area contributed by atoms with Gasteiger partial charge in [-0.25, -0.2) is 9.55 Å². The van der Waals surface area contributed by atoms with Gasteiger partial charge in [-0.3, -0.25) is 14.0 Å². The Labute approximate surface area is 215 Å². The van der Waals surface area contributed by atoms with Gasteiger partial charge in [0.1, 0.15) is 5.82 Å². The number of benzene rings is 3. The fraction of sp³-hybridized carbons (Fsp3) is 0.107. The molecule has 9 heteroatoms. The third kappa shape index (κ3) is 4.23. The summed E-state index contributed by atoms with van der Waals surface area (Å²) >= 11 is 1.41. The largest absolute Gasteiger partial charge is 0.307 e. The van der Waals surface area contributed by atoms with E-state index in [0.29, 0.717) is 33.6 Å². The number of aryl methyl sites for hydroxylation is 2. The van der Waals surface area contributed by atoms with Crippen LogP contribution in [-0.4, -0.2) is 29.1 Å². The minimum atomic E-state index is -0.218. The van der Waals surface area contributed by atoms with Gasteiger partial charge in [-0.1, -0.05) is 60.3 Å². The molecular weight excluding hydrogens is 484 g/mol. The first kappa shape index (κ1) is 22.9. The standard InChI is InChI=1S/C28H22N6O2S/c1-17-12-18(2)14-21(13-17)33-26(36)22-10-6-7-11-23(22)34-27(33)31-32-28(34)37-16-20-15-24(35)30-25(29-20)19-8-4-3-5-9-19/h3-15H,16H2,1-2H3,(H,29,30,35). The van der Waals surface area contributed by atoms with Crippen LogP contribution in [0.15, 0.2) is 93.6 Å². The molecule has 6 aromatic rings. The molecule has 0 aliphatic carbocycles. The molecule has 0 saturated heterocycles. The topological polar surface area (TPSA) is 97.9 Å². The molecule has 0 aliphatic rings. The van der Waals surface area contributed by atoms with E-state index in [1.165, 1.54) is 17.8 Å². The van der Waals surface area contributed by atoms with E-state index < -0.39 is 0 Å². The number of hydrogen-bond donors (Lipinski definition) is 1. The summed E-state index contributed by atoms with van der Waals surface area (Å²) in [5.74, 6) is 1.35. The Hall–Kier alpha value is -4.50. The van der Waals surface area contributed by atoms with Gasteiger partial charge < -0.3 is 4.98 Å². The van der Waals surface area contributed by atoms with Gasteiger partial charge in [-0.05, 0) is 49.2 Å². The van der Waals surface area contributed by atoms with Gasteiger partial charge >= 0.3 is 0 Å². The zero-order valence-corrected chi connectivity index (χ0v) is 21.0. The number of hydrogen-bond acceptors (Lipinski definition) is 6. The highest BCUT2D eigenvalue weighted by molar-refractivity contribution is 7.98. The quantitative estimate of drug-likeness (QED) is 0.341. The number of nitrogens with zero attached hydrogens (tertiary/aromatic N) is 5. The van der Waals surface area contributed by atoms with Crippen LogP contribution in [0, 0.1) is 13.8 Å². The van der Waals surface area contributed by atoms with Crippen LogP contribution in [0.25, 0.3) is 33.8 Å². The van der Waals surface area contributed by atoms with E-state index in [1.807, 2.05) is 85.0 Å². The average molecular weight is 507 g/mol. The second-order valence-electron chi connectivity index (χ2n) is 8.86. The van der Waals surface area contributed by atoms with Crippen LogP contribution in [0.1, 0.15) is 16.8 Å². The number of thioether (sulfide) groups is 1. The van der Waals surface area contributed by atoms with Gasteiger partial charge in [0, 0.05) is 17.4 Å². The smallest absolute Gasteiger partial charge is 0.267 e. The second kappa shape index (κ2) is 9.18. The van der Waals surface area contributed by atoms with Crippen molar-refractivity contribution < 1.29 is 0 Å². The first-order valence-corrected chi connectivity index (χ1v) is 12.7. The van der Waals surface area contributed by atoms with Crippen LogP contribution >= 0.6 is 11.8 Å². The normalized spacial score (nSPS) is 11.4. The van der Waals surface area contributed by atoms with Crippen LogP contribution in [0.4, 0.5) is 0 Å². The summed E-state index contributed by atoms with van der Waals surface area (Å²) in [5.41, 5.74) is 4.66. The molecule has 0 radical (unpaired) electrons. The zero-order chi connectivity index (χ0) is 25.5. The van der Waals surface area contributed by atoms with E-state index in [2.05, 4.69) is 26.2 Å². The molecule has 6 rings (SSSR count). The molecule has 0 aliphatic heterocycles. The van der Waals surface area contributed by atoms with Gasteiger partial charge in [-0.15, -0.1) is 10.2 Å². The summed E-state index contributed by atoms with van der Waals surface area (Å²) in [6, 6.07) is 24.5. The van der Waals surface area contributed by atoms with Crippen molar-refractivity contribution in [3.05, 3.63) is 116 Å². The van der Waals surface area contributed by atoms with Crippen molar-refractivity contribution in [1.29, 1.82) is 0 Å². The van der Waals surface area contributed by atoms with Gasteiger partial charge in [0.15, 0.2) is 5.16 Å². The maximum absolute atomic E-state index is 13.6. The minimum Gasteiger partial charge on any atom is -0.307 e. The second-order valence-corrected chi connectivity index (χ2v) is 9.80. The lowest BCUT2D eigenvalue weighted by Gasteiger charge is -2.12. The molecule has 182 valence electrons. The molecule has 3 heterocycles. The molecule has 0 spiro atoms. The van der Waals surface area contributed by atoms with Crippen LogP contribution in [-0.2, 0) is 5.75 Å². The molecule has 0 bridgehead atoms. The summed E-state index contributed by atoms with van der Waals surface area (Å²) < 4.78 is 3.50. The van der Waals surface area contributed by atoms with Crippen LogP contribution in [0.3, 0.4) is 0 Å². The lowest BCUT2D eigenvalue weighted by molar-refractivity contribution is 0.928.